The molecule has 0 spiro atoms. The zero-order chi connectivity index (χ0) is 14.1. The Bertz CT molecular complexity index is 718. The van der Waals surface area contributed by atoms with E-state index in [0.717, 1.165) is 22.0 Å². The minimum absolute atomic E-state index is 0.111. The molecule has 0 aliphatic heterocycles. The van der Waals surface area contributed by atoms with E-state index < -0.39 is 0 Å². The first-order valence-electron chi connectivity index (χ1n) is 5.65. The normalized spacial score (nSPS) is 10.9. The topological polar surface area (TPSA) is 46.0 Å². The summed E-state index contributed by atoms with van der Waals surface area (Å²) in [6, 6.07) is 5.34. The molecule has 0 saturated heterocycles. The van der Waals surface area contributed by atoms with Crippen molar-refractivity contribution < 1.29 is 5.11 Å². The molecule has 7 heteroatoms. The van der Waals surface area contributed by atoms with Crippen molar-refractivity contribution in [1.82, 2.24) is 10.2 Å². The molecule has 3 nitrogen and oxygen atoms in total. The van der Waals surface area contributed by atoms with Crippen LogP contribution in [-0.4, -0.2) is 15.3 Å². The van der Waals surface area contributed by atoms with Crippen molar-refractivity contribution in [3.63, 3.8) is 0 Å². The third-order valence-corrected chi connectivity index (χ3v) is 4.95. The van der Waals surface area contributed by atoms with E-state index >= 15 is 0 Å². The molecule has 0 atom stereocenters. The fourth-order valence-corrected chi connectivity index (χ4v) is 3.72. The van der Waals surface area contributed by atoms with Crippen LogP contribution in [0.1, 0.15) is 10.6 Å². The maximum absolute atomic E-state index is 9.56. The predicted molar refractivity (Wildman–Crippen MR) is 84.2 cm³/mol. The summed E-state index contributed by atoms with van der Waals surface area (Å²) in [5.74, 6) is -0.111. The molecule has 0 unspecified atom stereocenters. The van der Waals surface area contributed by atoms with Crippen LogP contribution < -0.4 is 0 Å². The van der Waals surface area contributed by atoms with Crippen LogP contribution in [0.3, 0.4) is 0 Å². The second kappa shape index (κ2) is 5.69. The largest absolute Gasteiger partial charge is 0.505 e. The molecule has 0 aliphatic carbocycles. The van der Waals surface area contributed by atoms with Crippen LogP contribution in [0.2, 0.25) is 10.0 Å². The Kier molecular flexibility index (Phi) is 3.94. The first-order chi connectivity index (χ1) is 9.63. The molecule has 0 amide bonds. The Morgan fingerprint density at radius 1 is 1.15 bits per heavy atom. The fraction of sp³-hybridized carbons (Fsp3) is 0.0769. The highest BCUT2D eigenvalue weighted by atomic mass is 35.5. The summed E-state index contributed by atoms with van der Waals surface area (Å²) < 4.78 is 0. The third-order valence-electron chi connectivity index (χ3n) is 2.67. The van der Waals surface area contributed by atoms with Gasteiger partial charge >= 0.3 is 0 Å². The van der Waals surface area contributed by atoms with Gasteiger partial charge in [-0.25, -0.2) is 0 Å². The average Bonchev–Trinajstić information content (AvgIpc) is 3.07. The first kappa shape index (κ1) is 13.8. The van der Waals surface area contributed by atoms with Crippen molar-refractivity contribution in [1.29, 1.82) is 0 Å². The number of thiophene rings is 1. The lowest BCUT2D eigenvalue weighted by Gasteiger charge is -2.02. The minimum atomic E-state index is -0.111. The van der Waals surface area contributed by atoms with Crippen molar-refractivity contribution in [2.75, 3.05) is 0 Å². The number of hydrogen-bond acceptors (Lipinski definition) is 5. The van der Waals surface area contributed by atoms with Crippen molar-refractivity contribution in [3.05, 3.63) is 49.6 Å². The van der Waals surface area contributed by atoms with E-state index in [1.54, 1.807) is 23.5 Å². The summed E-state index contributed by atoms with van der Waals surface area (Å²) >= 11 is 15.0. The van der Waals surface area contributed by atoms with Crippen LogP contribution in [0.25, 0.3) is 10.6 Å². The van der Waals surface area contributed by atoms with Gasteiger partial charge in [-0.3, -0.25) is 0 Å². The van der Waals surface area contributed by atoms with E-state index in [1.807, 2.05) is 5.38 Å². The lowest BCUT2D eigenvalue weighted by molar-refractivity contribution is 0.476. The Morgan fingerprint density at radius 2 is 1.90 bits per heavy atom. The van der Waals surface area contributed by atoms with Crippen LogP contribution in [0.15, 0.2) is 29.0 Å². The number of phenols is 1. The van der Waals surface area contributed by atoms with Crippen LogP contribution in [0, 0.1) is 0 Å². The van der Waals surface area contributed by atoms with Crippen LogP contribution in [0.5, 0.6) is 5.75 Å². The van der Waals surface area contributed by atoms with E-state index in [2.05, 4.69) is 21.6 Å². The van der Waals surface area contributed by atoms with Crippen LogP contribution >= 0.6 is 45.9 Å². The Hall–Kier alpha value is -1.14. The molecular weight excluding hydrogens is 335 g/mol. The highest BCUT2D eigenvalue weighted by Crippen LogP contribution is 2.37. The van der Waals surface area contributed by atoms with E-state index in [4.69, 9.17) is 23.2 Å². The van der Waals surface area contributed by atoms with Crippen LogP contribution in [0.4, 0.5) is 0 Å². The molecule has 0 fully saturated rings. The van der Waals surface area contributed by atoms with Gasteiger partial charge in [-0.15, -0.1) is 10.2 Å². The molecule has 3 aromatic rings. The van der Waals surface area contributed by atoms with Gasteiger partial charge in [0, 0.05) is 12.0 Å². The second-order valence-corrected chi connectivity index (χ2v) is 6.75. The quantitative estimate of drug-likeness (QED) is 0.738. The van der Waals surface area contributed by atoms with E-state index in [0.29, 0.717) is 0 Å². The molecule has 0 bridgehead atoms. The molecule has 2 heterocycles. The Labute approximate surface area is 133 Å². The van der Waals surface area contributed by atoms with Gasteiger partial charge in [0.1, 0.15) is 10.0 Å². The summed E-state index contributed by atoms with van der Waals surface area (Å²) in [5.41, 5.74) is 1.98. The molecule has 3 rings (SSSR count). The zero-order valence-corrected chi connectivity index (χ0v) is 13.2. The van der Waals surface area contributed by atoms with Gasteiger partial charge in [-0.2, -0.15) is 11.3 Å². The SMILES string of the molecule is Oc1c(Cl)cc(-c2nnc(Cc3ccsc3)s2)cc1Cl. The lowest BCUT2D eigenvalue weighted by Crippen LogP contribution is -1.83. The minimum Gasteiger partial charge on any atom is -0.505 e. The lowest BCUT2D eigenvalue weighted by atomic mass is 10.2. The van der Waals surface area contributed by atoms with Gasteiger partial charge < -0.3 is 5.11 Å². The summed E-state index contributed by atoms with van der Waals surface area (Å²) in [5, 5.41) is 24.1. The van der Waals surface area contributed by atoms with Crippen molar-refractivity contribution in [3.8, 4) is 16.3 Å². The summed E-state index contributed by atoms with van der Waals surface area (Å²) in [6.07, 6.45) is 0.765. The molecule has 20 heavy (non-hydrogen) atoms. The van der Waals surface area contributed by atoms with Gasteiger partial charge in [0.2, 0.25) is 0 Å². The molecule has 0 saturated carbocycles. The number of hydrogen-bond donors (Lipinski definition) is 1. The van der Waals surface area contributed by atoms with Gasteiger partial charge in [0.25, 0.3) is 0 Å². The number of aromatic nitrogens is 2. The van der Waals surface area contributed by atoms with Gasteiger partial charge in [0.15, 0.2) is 5.75 Å². The third kappa shape index (κ3) is 2.81. The maximum atomic E-state index is 9.56. The van der Waals surface area contributed by atoms with Crippen LogP contribution in [-0.2, 0) is 6.42 Å². The van der Waals surface area contributed by atoms with Crippen molar-refractivity contribution in [2.24, 2.45) is 0 Å². The molecule has 0 aliphatic rings. The first-order valence-corrected chi connectivity index (χ1v) is 8.17. The number of halogens is 2. The predicted octanol–water partition coefficient (Wildman–Crippen LogP) is 4.87. The number of rotatable bonds is 3. The summed E-state index contributed by atoms with van der Waals surface area (Å²) in [7, 11) is 0. The summed E-state index contributed by atoms with van der Waals surface area (Å²) in [6.45, 7) is 0. The van der Waals surface area contributed by atoms with Gasteiger partial charge in [-0.05, 0) is 34.5 Å². The Balaban J connectivity index is 1.90. The van der Waals surface area contributed by atoms with Crippen molar-refractivity contribution in [2.45, 2.75) is 6.42 Å². The fourth-order valence-electron chi connectivity index (χ4n) is 1.70. The summed E-state index contributed by atoms with van der Waals surface area (Å²) in [4.78, 5) is 0. The van der Waals surface area contributed by atoms with E-state index in [-0.39, 0.29) is 15.8 Å². The Morgan fingerprint density at radius 3 is 2.55 bits per heavy atom. The number of nitrogens with zero attached hydrogens (tertiary/aromatic N) is 2. The van der Waals surface area contributed by atoms with Gasteiger partial charge in [0.05, 0.1) is 10.0 Å². The highest BCUT2D eigenvalue weighted by molar-refractivity contribution is 7.14. The standard InChI is InChI=1S/C13H8Cl2N2OS2/c14-9-4-8(5-10(15)12(9)18)13-17-16-11(20-13)3-7-1-2-19-6-7/h1-2,4-6,18H,3H2. The van der Waals surface area contributed by atoms with Crippen molar-refractivity contribution >= 4 is 45.9 Å². The van der Waals surface area contributed by atoms with E-state index in [9.17, 15) is 5.11 Å². The van der Waals surface area contributed by atoms with E-state index in [1.165, 1.54) is 16.9 Å². The number of aromatic hydroxyl groups is 1. The molecule has 0 radical (unpaired) electrons. The highest BCUT2D eigenvalue weighted by Gasteiger charge is 2.12. The molecule has 102 valence electrons. The average molecular weight is 343 g/mol. The monoisotopic (exact) mass is 342 g/mol. The number of phenolic OH excluding ortho intramolecular Hbond substituents is 1. The smallest absolute Gasteiger partial charge is 0.152 e. The molecule has 1 aromatic carbocycles. The molecule has 2 aromatic heterocycles. The molecule has 1 N–H and O–H groups in total. The second-order valence-electron chi connectivity index (χ2n) is 4.10. The van der Waals surface area contributed by atoms with Gasteiger partial charge in [-0.1, -0.05) is 34.5 Å². The number of benzene rings is 1. The molecular formula is C13H8Cl2N2OS2. The zero-order valence-electron chi connectivity index (χ0n) is 10.0. The maximum Gasteiger partial charge on any atom is 0.152 e.